The van der Waals surface area contributed by atoms with Gasteiger partial charge >= 0.3 is 11.8 Å². The van der Waals surface area contributed by atoms with E-state index >= 15 is 0 Å². The maximum Gasteiger partial charge on any atom is 0.311 e. The van der Waals surface area contributed by atoms with Crippen LogP contribution in [-0.2, 0) is 0 Å². The van der Waals surface area contributed by atoms with Crippen molar-refractivity contribution in [2.75, 3.05) is 13.1 Å². The van der Waals surface area contributed by atoms with E-state index in [0.29, 0.717) is 16.5 Å². The van der Waals surface area contributed by atoms with Crippen molar-refractivity contribution in [1.29, 1.82) is 0 Å². The number of carbonyl (C=O) groups is 1. The van der Waals surface area contributed by atoms with Crippen LogP contribution in [0.3, 0.4) is 0 Å². The van der Waals surface area contributed by atoms with E-state index < -0.39 is 0 Å². The number of piperidine rings is 1. The third kappa shape index (κ3) is 2.93. The first kappa shape index (κ1) is 14.1. The molecule has 6 heteroatoms. The monoisotopic (exact) mass is 305 g/mol. The molecule has 3 rings (SSSR count). The van der Waals surface area contributed by atoms with Gasteiger partial charge in [0.2, 0.25) is 5.89 Å². The Morgan fingerprint density at radius 1 is 1.29 bits per heavy atom. The highest BCUT2D eigenvalue weighted by Crippen LogP contribution is 2.26. The average Bonchev–Trinajstić information content (AvgIpc) is 2.97. The lowest BCUT2D eigenvalue weighted by Crippen LogP contribution is -2.38. The molecule has 2 aromatic rings. The molecule has 0 unspecified atom stereocenters. The summed E-state index contributed by atoms with van der Waals surface area (Å²) in [6, 6.07) is 7.18. The summed E-state index contributed by atoms with van der Waals surface area (Å²) in [5, 5.41) is 8.31. The first-order valence-electron chi connectivity index (χ1n) is 7.03. The number of aromatic nitrogens is 2. The third-order valence-corrected chi connectivity index (χ3v) is 4.11. The molecule has 1 aromatic heterocycles. The van der Waals surface area contributed by atoms with E-state index in [1.807, 2.05) is 12.1 Å². The fourth-order valence-electron chi connectivity index (χ4n) is 2.40. The van der Waals surface area contributed by atoms with Crippen LogP contribution in [0.1, 0.15) is 30.5 Å². The molecule has 5 nitrogen and oxygen atoms in total. The fourth-order valence-corrected chi connectivity index (χ4v) is 2.62. The van der Waals surface area contributed by atoms with Gasteiger partial charge in [-0.2, -0.15) is 0 Å². The topological polar surface area (TPSA) is 59.2 Å². The standard InChI is InChI=1S/C15H16ClN3O2/c1-10-6-8-19(9-7-10)15(20)14-18-17-13(21-14)11-4-2-3-5-12(11)16/h2-5,10H,6-9H2,1H3. The number of hydrogen-bond acceptors (Lipinski definition) is 4. The molecule has 1 saturated heterocycles. The van der Waals surface area contributed by atoms with Gasteiger partial charge in [0.25, 0.3) is 0 Å². The Morgan fingerprint density at radius 3 is 2.71 bits per heavy atom. The minimum absolute atomic E-state index is 0.0273. The fraction of sp³-hybridized carbons (Fsp3) is 0.400. The van der Waals surface area contributed by atoms with Crippen LogP contribution < -0.4 is 0 Å². The number of benzene rings is 1. The highest BCUT2D eigenvalue weighted by molar-refractivity contribution is 6.33. The average molecular weight is 306 g/mol. The zero-order valence-corrected chi connectivity index (χ0v) is 12.5. The van der Waals surface area contributed by atoms with Crippen LogP contribution in [-0.4, -0.2) is 34.1 Å². The van der Waals surface area contributed by atoms with Gasteiger partial charge in [-0.25, -0.2) is 0 Å². The minimum Gasteiger partial charge on any atom is -0.412 e. The number of rotatable bonds is 2. The lowest BCUT2D eigenvalue weighted by molar-refractivity contribution is 0.0657. The van der Waals surface area contributed by atoms with Crippen molar-refractivity contribution in [1.82, 2.24) is 15.1 Å². The molecule has 2 heterocycles. The second-order valence-corrected chi connectivity index (χ2v) is 5.77. The Balaban J connectivity index is 1.79. The van der Waals surface area contributed by atoms with Gasteiger partial charge in [-0.3, -0.25) is 4.79 Å². The molecule has 21 heavy (non-hydrogen) atoms. The van der Waals surface area contributed by atoms with Crippen molar-refractivity contribution in [2.24, 2.45) is 5.92 Å². The predicted octanol–water partition coefficient (Wildman–Crippen LogP) is 3.26. The first-order chi connectivity index (χ1) is 10.1. The zero-order valence-electron chi connectivity index (χ0n) is 11.8. The normalized spacial score (nSPS) is 16.2. The number of halogens is 1. The number of hydrogen-bond donors (Lipinski definition) is 0. The van der Waals surface area contributed by atoms with Gasteiger partial charge in [-0.15, -0.1) is 10.2 Å². The molecule has 0 N–H and O–H groups in total. The summed E-state index contributed by atoms with van der Waals surface area (Å²) < 4.78 is 5.49. The van der Waals surface area contributed by atoms with Gasteiger partial charge in [0, 0.05) is 13.1 Å². The Labute approximate surface area is 127 Å². The number of likely N-dealkylation sites (tertiary alicyclic amines) is 1. The highest BCUT2D eigenvalue weighted by atomic mass is 35.5. The van der Waals surface area contributed by atoms with Crippen LogP contribution in [0.25, 0.3) is 11.5 Å². The van der Waals surface area contributed by atoms with Crippen LogP contribution >= 0.6 is 11.6 Å². The van der Waals surface area contributed by atoms with Gasteiger partial charge < -0.3 is 9.32 Å². The molecule has 0 radical (unpaired) electrons. The maximum absolute atomic E-state index is 12.3. The van der Waals surface area contributed by atoms with Crippen LogP contribution in [0.4, 0.5) is 0 Å². The van der Waals surface area contributed by atoms with Gasteiger partial charge in [0.15, 0.2) is 0 Å². The predicted molar refractivity (Wildman–Crippen MR) is 79.0 cm³/mol. The summed E-state index contributed by atoms with van der Waals surface area (Å²) in [4.78, 5) is 14.1. The SMILES string of the molecule is CC1CCN(C(=O)c2nnc(-c3ccccc3Cl)o2)CC1. The number of amides is 1. The summed E-state index contributed by atoms with van der Waals surface area (Å²) in [5.74, 6) is 0.761. The number of carbonyl (C=O) groups excluding carboxylic acids is 1. The van der Waals surface area contributed by atoms with E-state index in [0.717, 1.165) is 25.9 Å². The second kappa shape index (κ2) is 5.85. The summed E-state index contributed by atoms with van der Waals surface area (Å²) in [6.07, 6.45) is 2.02. The molecule has 0 aliphatic carbocycles. The zero-order chi connectivity index (χ0) is 14.8. The van der Waals surface area contributed by atoms with E-state index in [1.54, 1.807) is 17.0 Å². The molecule has 0 saturated carbocycles. The van der Waals surface area contributed by atoms with E-state index in [2.05, 4.69) is 17.1 Å². The molecule has 0 spiro atoms. The molecular formula is C15H16ClN3O2. The molecule has 1 aliphatic rings. The van der Waals surface area contributed by atoms with Crippen LogP contribution in [0.5, 0.6) is 0 Å². The smallest absolute Gasteiger partial charge is 0.311 e. The molecule has 0 atom stereocenters. The van der Waals surface area contributed by atoms with Gasteiger partial charge in [0.05, 0.1) is 10.6 Å². The van der Waals surface area contributed by atoms with Gasteiger partial charge in [0.1, 0.15) is 0 Å². The lowest BCUT2D eigenvalue weighted by atomic mass is 9.99. The first-order valence-corrected chi connectivity index (χ1v) is 7.40. The summed E-state index contributed by atoms with van der Waals surface area (Å²) in [7, 11) is 0. The molecule has 1 fully saturated rings. The van der Waals surface area contributed by atoms with Crippen molar-refractivity contribution in [3.63, 3.8) is 0 Å². The lowest BCUT2D eigenvalue weighted by Gasteiger charge is -2.29. The Kier molecular flexibility index (Phi) is 3.92. The Bertz CT molecular complexity index is 648. The molecule has 1 amide bonds. The largest absolute Gasteiger partial charge is 0.412 e. The van der Waals surface area contributed by atoms with Crippen molar-refractivity contribution in [3.05, 3.63) is 35.2 Å². The van der Waals surface area contributed by atoms with Crippen LogP contribution in [0.2, 0.25) is 5.02 Å². The van der Waals surface area contributed by atoms with Crippen molar-refractivity contribution < 1.29 is 9.21 Å². The quantitative estimate of drug-likeness (QED) is 0.854. The van der Waals surface area contributed by atoms with Crippen molar-refractivity contribution in [3.8, 4) is 11.5 Å². The minimum atomic E-state index is -0.201. The summed E-state index contributed by atoms with van der Waals surface area (Å²) in [5.41, 5.74) is 0.637. The van der Waals surface area contributed by atoms with Gasteiger partial charge in [-0.05, 0) is 30.9 Å². The Morgan fingerprint density at radius 2 is 2.00 bits per heavy atom. The maximum atomic E-state index is 12.3. The van der Waals surface area contributed by atoms with Crippen LogP contribution in [0, 0.1) is 5.92 Å². The third-order valence-electron chi connectivity index (χ3n) is 3.78. The summed E-state index contributed by atoms with van der Waals surface area (Å²) >= 11 is 6.09. The van der Waals surface area contributed by atoms with E-state index in [4.69, 9.17) is 16.0 Å². The summed E-state index contributed by atoms with van der Waals surface area (Å²) in [6.45, 7) is 3.68. The molecular weight excluding hydrogens is 290 g/mol. The van der Waals surface area contributed by atoms with E-state index in [1.165, 1.54) is 0 Å². The second-order valence-electron chi connectivity index (χ2n) is 5.37. The van der Waals surface area contributed by atoms with Gasteiger partial charge in [-0.1, -0.05) is 30.7 Å². The van der Waals surface area contributed by atoms with Crippen molar-refractivity contribution >= 4 is 17.5 Å². The van der Waals surface area contributed by atoms with E-state index in [-0.39, 0.29) is 17.7 Å². The number of nitrogens with zero attached hydrogens (tertiary/aromatic N) is 3. The van der Waals surface area contributed by atoms with Crippen LogP contribution in [0.15, 0.2) is 28.7 Å². The highest BCUT2D eigenvalue weighted by Gasteiger charge is 2.26. The molecule has 1 aromatic carbocycles. The molecule has 0 bridgehead atoms. The van der Waals surface area contributed by atoms with Crippen molar-refractivity contribution in [2.45, 2.75) is 19.8 Å². The molecule has 110 valence electrons. The molecule has 1 aliphatic heterocycles. The van der Waals surface area contributed by atoms with E-state index in [9.17, 15) is 4.79 Å². The Hall–Kier alpha value is -1.88.